The molecule has 0 aromatic heterocycles. The fourth-order valence-corrected chi connectivity index (χ4v) is 93.9. The van der Waals surface area contributed by atoms with Crippen LogP contribution in [0.5, 0.6) is 0 Å². The third-order valence-corrected chi connectivity index (χ3v) is 71.7. The van der Waals surface area contributed by atoms with E-state index in [-0.39, 0.29) is 0 Å². The van der Waals surface area contributed by atoms with Crippen LogP contribution in [0.1, 0.15) is 25.7 Å². The van der Waals surface area contributed by atoms with Crippen molar-refractivity contribution in [3.8, 4) is 0 Å². The van der Waals surface area contributed by atoms with Crippen LogP contribution in [0.3, 0.4) is 0 Å². The fraction of sp³-hybridized carbons (Fsp3) is 1.00. The first-order valence-corrected chi connectivity index (χ1v) is 38.8. The third-order valence-electron chi connectivity index (χ3n) is 71.7. The minimum atomic E-state index is 1.10. The molecule has 0 aromatic rings. The molecule has 44 spiro atoms. The lowest BCUT2D eigenvalue weighted by Crippen LogP contribution is -3.75. The summed E-state index contributed by atoms with van der Waals surface area (Å²) in [7, 11) is 0. The van der Waals surface area contributed by atoms with Gasteiger partial charge in [-0.3, -0.25) is 0 Å². The van der Waals surface area contributed by atoms with Gasteiger partial charge in [0.1, 0.15) is 0 Å². The predicted octanol–water partition coefficient (Wildman–Crippen LogP) is 5.41. The average molecular weight is 975 g/mol. The maximum atomic E-state index is 1.91. The quantitative estimate of drug-likeness (QED) is 0.305. The Labute approximate surface area is 438 Å². The molecule has 60 aliphatic carbocycles. The van der Waals surface area contributed by atoms with E-state index >= 15 is 0 Å². The summed E-state index contributed by atoms with van der Waals surface area (Å²) in [4.78, 5) is 0. The van der Waals surface area contributed by atoms with Crippen molar-refractivity contribution in [1.82, 2.24) is 0 Å². The molecule has 60 saturated carbocycles. The Morgan fingerprint density at radius 1 is 0.128 bits per heavy atom. The lowest BCUT2D eigenvalue weighted by atomic mass is 8.25. The number of hydrogen-bond donors (Lipinski definition) is 0. The van der Waals surface area contributed by atoms with Crippen LogP contribution in [0.25, 0.3) is 0 Å². The van der Waals surface area contributed by atoms with Gasteiger partial charge in [0.05, 0.1) is 0 Å². The first-order chi connectivity index (χ1) is 38.8. The third kappa shape index (κ3) is 0.468. The fourth-order valence-electron chi connectivity index (χ4n) is 93.9. The molecule has 60 aliphatic rings. The number of hydrogen-bond acceptors (Lipinski definition) is 0. The summed E-state index contributed by atoms with van der Waals surface area (Å²) in [6, 6.07) is 0. The highest BCUT2D eigenvalue weighted by atomic mass is 15.8. The number of fused-ring (bicyclic) bond motifs is 24. The molecule has 0 bridgehead atoms. The van der Waals surface area contributed by atoms with Crippen molar-refractivity contribution in [3.63, 3.8) is 0 Å². The van der Waals surface area contributed by atoms with Gasteiger partial charge in [0.2, 0.25) is 0 Å². The first kappa shape index (κ1) is 24.6. The van der Waals surface area contributed by atoms with Crippen molar-refractivity contribution in [2.75, 3.05) is 0 Å². The van der Waals surface area contributed by atoms with E-state index in [1.165, 1.54) is 221 Å². The van der Waals surface area contributed by atoms with Crippen molar-refractivity contribution < 1.29 is 0 Å². The Morgan fingerprint density at radius 2 is 0.410 bits per heavy atom. The zero-order chi connectivity index (χ0) is 42.1. The van der Waals surface area contributed by atoms with Gasteiger partial charge in [0.25, 0.3) is 0 Å². The maximum absolute atomic E-state index is 1.91. The molecule has 0 aliphatic heterocycles. The summed E-state index contributed by atoms with van der Waals surface area (Å²) < 4.78 is 0. The molecule has 0 heteroatoms. The van der Waals surface area contributed by atoms with Gasteiger partial charge in [-0.15, -0.1) is 0 Å². The standard InChI is InChI=1S/C78H38/c1-5-13-6-2-8-17-22-26-30-32-28-24-19-12-4-10-16-21-15-9-3-11-18-23-27-31-29-25-20-14-7(1)35(5)40(13)36(6,8)43(17)48(22)53(26)57(30)58(32)56(28)52(24)47(19)38(10,12)45(16)50(21)44(15)37(9,11)46(18)51(23)55(27)54(31)49(29)42(25)39(20)33-34-60(48,62(40,43)41(14,35)39)63(53)61(34)59(33,42)66(49)71(54)73(55)69(51)64(44,46)68(50)65(45,47)70(52)74(56)72(58)67(57,63)75(61,66)77(71,72)78(73,74)76(68,69)70/h5-34H,1-4H2. The molecule has 60 rings (SSSR count). The van der Waals surface area contributed by atoms with E-state index in [1.807, 2.05) is 25.7 Å². The minimum Gasteiger partial charge on any atom is -0.0458 e. The molecule has 78 heavy (non-hydrogen) atoms. The second kappa shape index (κ2) is 3.47. The van der Waals surface area contributed by atoms with Crippen LogP contribution in [0.2, 0.25) is 0 Å². The smallest absolute Gasteiger partial charge is 0.0000253 e. The second-order valence-corrected chi connectivity index (χ2v) is 52.1. The van der Waals surface area contributed by atoms with Crippen LogP contribution >= 0.6 is 0 Å². The zero-order valence-electron chi connectivity index (χ0n) is 42.1. The SMILES string of the molecule is C1C2C3C4C5C6C7C8C9C%10C%11CC%12C%13C%14C%15C%16CC%17C%18C%19C%20C%21C%22C%23C%24C%25C%26CC%27C%28C1C21C32C43C4C%29C%30%31C%24(C%25%24C%27%26C%281C2%24%30)C%231C%222C%21%22C%20%21C%19%20C%18%19C%16%17C%15%16C%14%15C%13%14C%12%11C%10%11C9%10C89C78C67C53C43C%294C1%31C21C42C37C83C94C%105C%14%11C%156C%16%19C%207C%218C%221C23C48C657. The zero-order valence-corrected chi connectivity index (χ0v) is 42.1. The van der Waals surface area contributed by atoms with Gasteiger partial charge in [-0.05, 0) is 441 Å². The molecule has 60 fully saturated rings. The molecular formula is C78H38. The summed E-state index contributed by atoms with van der Waals surface area (Å²) in [5, 5.41) is 0. The summed E-state index contributed by atoms with van der Waals surface area (Å²) in [6.07, 6.45) is 7.61. The molecular weight excluding hydrogens is 937 g/mol. The molecule has 0 saturated heterocycles. The van der Waals surface area contributed by atoms with Crippen LogP contribution in [0.4, 0.5) is 0 Å². The lowest BCUT2D eigenvalue weighted by Gasteiger charge is -3.76. The molecule has 0 heterocycles. The van der Waals surface area contributed by atoms with Gasteiger partial charge in [0, 0.05) is 0 Å². The Kier molecular flexibility index (Phi) is 1.10. The average Bonchev–Trinajstić information content (AvgIpc) is 0.407. The van der Waals surface area contributed by atoms with Gasteiger partial charge in [-0.25, -0.2) is 0 Å². The largest absolute Gasteiger partial charge is 0.0458 e. The monoisotopic (exact) mass is 974 g/mol. The predicted molar refractivity (Wildman–Crippen MR) is 232 cm³/mol. The van der Waals surface area contributed by atoms with Crippen molar-refractivity contribution in [3.05, 3.63) is 10.8 Å². The van der Waals surface area contributed by atoms with E-state index in [0.29, 0.717) is 0 Å². The van der Waals surface area contributed by atoms with E-state index in [1.54, 1.807) is 0 Å². The van der Waals surface area contributed by atoms with Crippen LogP contribution in [-0.4, -0.2) is 0 Å². The van der Waals surface area contributed by atoms with Gasteiger partial charge < -0.3 is 0 Å². The van der Waals surface area contributed by atoms with Gasteiger partial charge in [0.15, 0.2) is 0 Å². The molecule has 74 atom stereocenters. The van der Waals surface area contributed by atoms with Crippen molar-refractivity contribution in [1.29, 1.82) is 0 Å². The molecule has 0 radical (unpaired) electrons. The van der Waals surface area contributed by atoms with E-state index in [2.05, 4.69) is 0 Å². The Hall–Kier alpha value is 0. The summed E-state index contributed by atoms with van der Waals surface area (Å²) in [5.74, 6) is 43.1. The molecule has 74 unspecified atom stereocenters. The second-order valence-electron chi connectivity index (χ2n) is 52.1. The summed E-state index contributed by atoms with van der Waals surface area (Å²) >= 11 is 0. The van der Waals surface area contributed by atoms with E-state index in [4.69, 9.17) is 0 Å². The summed E-state index contributed by atoms with van der Waals surface area (Å²) in [6.45, 7) is 0. The molecule has 0 amide bonds. The van der Waals surface area contributed by atoms with Gasteiger partial charge in [-0.1, -0.05) is 0 Å². The number of rotatable bonds is 0. The van der Waals surface area contributed by atoms with E-state index in [9.17, 15) is 0 Å². The Morgan fingerprint density at radius 3 is 0.962 bits per heavy atom. The lowest BCUT2D eigenvalue weighted by molar-refractivity contribution is -1.28. The maximum Gasteiger partial charge on any atom is -0.0000253 e. The molecule has 0 nitrogen and oxygen atoms in total. The molecule has 0 aromatic carbocycles. The van der Waals surface area contributed by atoms with Crippen molar-refractivity contribution >= 4 is 0 Å². The van der Waals surface area contributed by atoms with Crippen LogP contribution in [0, 0.1) is 416 Å². The van der Waals surface area contributed by atoms with Crippen LogP contribution in [-0.2, 0) is 0 Å². The van der Waals surface area contributed by atoms with Crippen LogP contribution in [0.15, 0.2) is 0 Å². The highest BCUT2D eigenvalue weighted by molar-refractivity contribution is 6.35. The summed E-state index contributed by atoms with van der Waals surface area (Å²) in [5.41, 5.74) is 50.3. The van der Waals surface area contributed by atoms with E-state index < -0.39 is 0 Å². The van der Waals surface area contributed by atoms with E-state index in [0.717, 1.165) is 195 Å². The Balaban J connectivity index is 0.691. The molecule has 0 N–H and O–H groups in total. The van der Waals surface area contributed by atoms with Gasteiger partial charge >= 0.3 is 0 Å². The normalized spacial score (nSPS) is 151. The highest BCUT2D eigenvalue weighted by Crippen LogP contribution is 3.83. The first-order valence-electron chi connectivity index (χ1n) is 38.8. The van der Waals surface area contributed by atoms with Crippen LogP contribution < -0.4 is 0 Å². The highest BCUT2D eigenvalue weighted by Gasteiger charge is 3.81. The minimum absolute atomic E-state index is 1.10. The van der Waals surface area contributed by atoms with Crippen molar-refractivity contribution in [2.45, 2.75) is 25.7 Å². The Bertz CT molecular complexity index is 5980. The topological polar surface area (TPSA) is 0 Å². The molecule has 350 valence electrons. The van der Waals surface area contributed by atoms with Crippen molar-refractivity contribution in [2.24, 2.45) is 405 Å². The van der Waals surface area contributed by atoms with Gasteiger partial charge in [-0.2, -0.15) is 0 Å².